The van der Waals surface area contributed by atoms with Crippen LogP contribution in [0.15, 0.2) is 28.4 Å². The Morgan fingerprint density at radius 2 is 2.33 bits per heavy atom. The summed E-state index contributed by atoms with van der Waals surface area (Å²) in [4.78, 5) is 26.2. The third-order valence-corrected chi connectivity index (χ3v) is 3.01. The molecule has 2 rings (SSSR count). The molecule has 0 fully saturated rings. The Labute approximate surface area is 106 Å². The van der Waals surface area contributed by atoms with Crippen LogP contribution in [0.25, 0.3) is 5.69 Å². The van der Waals surface area contributed by atoms with Crippen molar-refractivity contribution in [1.29, 1.82) is 0 Å². The molecule has 0 atom stereocenters. The number of aromatic nitrogens is 4. The molecule has 8 heteroatoms. The van der Waals surface area contributed by atoms with E-state index in [1.807, 2.05) is 6.92 Å². The number of nitrogens with one attached hydrogen (secondary N) is 1. The minimum atomic E-state index is -0.968. The molecular weight excluding hydrogens is 256 g/mol. The lowest BCUT2D eigenvalue weighted by Gasteiger charge is -2.04. The number of carbonyl (C=O) groups is 1. The van der Waals surface area contributed by atoms with Crippen molar-refractivity contribution in [3.8, 4) is 5.69 Å². The summed E-state index contributed by atoms with van der Waals surface area (Å²) in [6.45, 7) is 1.85. The number of nitrogens with zero attached hydrogens (tertiary/aromatic N) is 3. The van der Waals surface area contributed by atoms with Crippen LogP contribution >= 0.6 is 11.8 Å². The van der Waals surface area contributed by atoms with Gasteiger partial charge in [0.05, 0.1) is 17.6 Å². The summed E-state index contributed by atoms with van der Waals surface area (Å²) in [5.74, 6) is -1.13. The Kier molecular flexibility index (Phi) is 3.47. The number of aromatic amines is 1. The Balaban J connectivity index is 2.40. The third kappa shape index (κ3) is 2.59. The summed E-state index contributed by atoms with van der Waals surface area (Å²) < 4.78 is 1.30. The van der Waals surface area contributed by atoms with Crippen molar-refractivity contribution in [1.82, 2.24) is 19.7 Å². The molecule has 0 bridgehead atoms. The SMILES string of the molecule is Cc1cncc(-n2c(SCC(=O)O)n[nH]c2=O)c1. The van der Waals surface area contributed by atoms with E-state index in [2.05, 4.69) is 15.2 Å². The maximum atomic E-state index is 11.7. The van der Waals surface area contributed by atoms with Gasteiger partial charge in [-0.1, -0.05) is 11.8 Å². The van der Waals surface area contributed by atoms with Gasteiger partial charge in [-0.05, 0) is 18.6 Å². The zero-order valence-electron chi connectivity index (χ0n) is 9.45. The predicted octanol–water partition coefficient (Wildman–Crippen LogP) is 0.441. The molecule has 0 spiro atoms. The van der Waals surface area contributed by atoms with Crippen molar-refractivity contribution in [3.63, 3.8) is 0 Å². The molecule has 2 N–H and O–H groups in total. The first-order chi connectivity index (χ1) is 8.58. The molecule has 0 aromatic carbocycles. The molecule has 0 saturated carbocycles. The predicted molar refractivity (Wildman–Crippen MR) is 65.1 cm³/mol. The third-order valence-electron chi connectivity index (χ3n) is 2.09. The van der Waals surface area contributed by atoms with Gasteiger partial charge in [0.25, 0.3) is 0 Å². The van der Waals surface area contributed by atoms with Crippen molar-refractivity contribution in [2.24, 2.45) is 0 Å². The first kappa shape index (κ1) is 12.4. The number of carboxylic acids is 1. The van der Waals surface area contributed by atoms with Crippen LogP contribution in [-0.2, 0) is 4.79 Å². The smallest absolute Gasteiger partial charge is 0.348 e. The lowest BCUT2D eigenvalue weighted by molar-refractivity contribution is -0.133. The molecule has 0 saturated heterocycles. The van der Waals surface area contributed by atoms with Crippen LogP contribution < -0.4 is 5.69 Å². The standard InChI is InChI=1S/C10H10N4O3S/c1-6-2-7(4-11-3-6)14-9(17)12-13-10(14)18-5-8(15)16/h2-4H,5H2,1H3,(H,12,17)(H,15,16). The molecule has 0 aliphatic rings. The molecule has 2 heterocycles. The number of hydrogen-bond donors (Lipinski definition) is 2. The minimum absolute atomic E-state index is 0.163. The molecule has 0 amide bonds. The maximum Gasteiger partial charge on any atom is 0.348 e. The lowest BCUT2D eigenvalue weighted by atomic mass is 10.3. The summed E-state index contributed by atoms with van der Waals surface area (Å²) in [5.41, 5.74) is 1.03. The molecule has 0 radical (unpaired) electrons. The highest BCUT2D eigenvalue weighted by Gasteiger charge is 2.12. The van der Waals surface area contributed by atoms with E-state index in [4.69, 9.17) is 5.11 Å². The van der Waals surface area contributed by atoms with Crippen LogP contribution in [0.5, 0.6) is 0 Å². The van der Waals surface area contributed by atoms with Crippen molar-refractivity contribution in [2.75, 3.05) is 5.75 Å². The van der Waals surface area contributed by atoms with Gasteiger partial charge in [-0.25, -0.2) is 14.5 Å². The van der Waals surface area contributed by atoms with Crippen LogP contribution in [-0.4, -0.2) is 36.6 Å². The van der Waals surface area contributed by atoms with Gasteiger partial charge in [0.15, 0.2) is 5.16 Å². The number of aryl methyl sites for hydroxylation is 1. The summed E-state index contributed by atoms with van der Waals surface area (Å²) in [6, 6.07) is 1.77. The average molecular weight is 266 g/mol. The highest BCUT2D eigenvalue weighted by atomic mass is 32.2. The van der Waals surface area contributed by atoms with Crippen LogP contribution in [0.2, 0.25) is 0 Å². The van der Waals surface area contributed by atoms with Gasteiger partial charge in [0, 0.05) is 6.20 Å². The van der Waals surface area contributed by atoms with Gasteiger partial charge in [-0.15, -0.1) is 5.10 Å². The number of H-pyrrole nitrogens is 1. The molecule has 0 aliphatic carbocycles. The molecule has 2 aromatic rings. The van der Waals surface area contributed by atoms with E-state index in [-0.39, 0.29) is 5.75 Å². The number of rotatable bonds is 4. The molecule has 94 valence electrons. The van der Waals surface area contributed by atoms with Crippen molar-refractivity contribution < 1.29 is 9.90 Å². The van der Waals surface area contributed by atoms with Gasteiger partial charge >= 0.3 is 11.7 Å². The van der Waals surface area contributed by atoms with Gasteiger partial charge in [-0.2, -0.15) is 0 Å². The van der Waals surface area contributed by atoms with Gasteiger partial charge < -0.3 is 5.11 Å². The second kappa shape index (κ2) is 5.05. The zero-order valence-corrected chi connectivity index (χ0v) is 10.3. The zero-order chi connectivity index (χ0) is 13.1. The molecule has 18 heavy (non-hydrogen) atoms. The monoisotopic (exact) mass is 266 g/mol. The first-order valence-electron chi connectivity index (χ1n) is 5.02. The van der Waals surface area contributed by atoms with Crippen LogP contribution in [0.1, 0.15) is 5.56 Å². The van der Waals surface area contributed by atoms with Crippen molar-refractivity contribution in [2.45, 2.75) is 12.1 Å². The Hall–Kier alpha value is -2.09. The van der Waals surface area contributed by atoms with Crippen molar-refractivity contribution >= 4 is 17.7 Å². The van der Waals surface area contributed by atoms with Crippen LogP contribution in [0, 0.1) is 6.92 Å². The van der Waals surface area contributed by atoms with E-state index in [9.17, 15) is 9.59 Å². The number of thioether (sulfide) groups is 1. The summed E-state index contributed by atoms with van der Waals surface area (Å²) >= 11 is 0.970. The second-order valence-corrected chi connectivity index (χ2v) is 4.49. The largest absolute Gasteiger partial charge is 0.481 e. The average Bonchev–Trinajstić information content (AvgIpc) is 2.68. The fourth-order valence-corrected chi connectivity index (χ4v) is 2.07. The van der Waals surface area contributed by atoms with Crippen LogP contribution in [0.4, 0.5) is 0 Å². The molecule has 2 aromatic heterocycles. The van der Waals surface area contributed by atoms with E-state index in [1.54, 1.807) is 12.3 Å². The van der Waals surface area contributed by atoms with Gasteiger partial charge in [0.1, 0.15) is 0 Å². The highest BCUT2D eigenvalue weighted by molar-refractivity contribution is 7.99. The number of hydrogen-bond acceptors (Lipinski definition) is 5. The van der Waals surface area contributed by atoms with E-state index >= 15 is 0 Å². The fourth-order valence-electron chi connectivity index (χ4n) is 1.39. The second-order valence-electron chi connectivity index (χ2n) is 3.55. The Morgan fingerprint density at radius 1 is 1.56 bits per heavy atom. The van der Waals surface area contributed by atoms with Crippen molar-refractivity contribution in [3.05, 3.63) is 34.5 Å². The normalized spacial score (nSPS) is 10.5. The minimum Gasteiger partial charge on any atom is -0.481 e. The Morgan fingerprint density at radius 3 is 3.00 bits per heavy atom. The Bertz CT molecular complexity index is 634. The fraction of sp³-hybridized carbons (Fsp3) is 0.200. The summed E-state index contributed by atoms with van der Waals surface area (Å²) in [5, 5.41) is 15.0. The molecule has 0 aliphatic heterocycles. The van der Waals surface area contributed by atoms with E-state index in [0.717, 1.165) is 17.3 Å². The molecule has 7 nitrogen and oxygen atoms in total. The lowest BCUT2D eigenvalue weighted by Crippen LogP contribution is -2.16. The highest BCUT2D eigenvalue weighted by Crippen LogP contribution is 2.17. The van der Waals surface area contributed by atoms with Gasteiger partial charge in [0.2, 0.25) is 0 Å². The van der Waals surface area contributed by atoms with E-state index in [0.29, 0.717) is 10.8 Å². The number of aliphatic carboxylic acids is 1. The summed E-state index contributed by atoms with van der Waals surface area (Å²) in [6.07, 6.45) is 3.19. The van der Waals surface area contributed by atoms with E-state index < -0.39 is 11.7 Å². The number of carboxylic acid groups (broad SMARTS) is 1. The molecular formula is C10H10N4O3S. The van der Waals surface area contributed by atoms with E-state index in [1.165, 1.54) is 10.8 Å². The quantitative estimate of drug-likeness (QED) is 0.779. The first-order valence-corrected chi connectivity index (χ1v) is 6.00. The molecule has 0 unspecified atom stereocenters. The van der Waals surface area contributed by atoms with Crippen LogP contribution in [0.3, 0.4) is 0 Å². The number of pyridine rings is 1. The van der Waals surface area contributed by atoms with Gasteiger partial charge in [-0.3, -0.25) is 9.78 Å². The maximum absolute atomic E-state index is 11.7. The summed E-state index contributed by atoms with van der Waals surface area (Å²) in [7, 11) is 0. The topological polar surface area (TPSA) is 101 Å².